The summed E-state index contributed by atoms with van der Waals surface area (Å²) < 4.78 is 1.78. The number of hydrogen-bond donors (Lipinski definition) is 1. The summed E-state index contributed by atoms with van der Waals surface area (Å²) in [6, 6.07) is 2.23. The summed E-state index contributed by atoms with van der Waals surface area (Å²) in [5, 5.41) is 19.3. The largest absolute Gasteiger partial charge is 0.381 e. The molecule has 1 aliphatic rings. The lowest BCUT2D eigenvalue weighted by Crippen LogP contribution is -2.31. The first kappa shape index (κ1) is 15.9. The molecule has 0 radical (unpaired) electrons. The van der Waals surface area contributed by atoms with Crippen molar-refractivity contribution < 1.29 is 5.11 Å². The molecule has 0 saturated carbocycles. The van der Waals surface area contributed by atoms with Gasteiger partial charge >= 0.3 is 0 Å². The molecule has 1 saturated heterocycles. The molecule has 0 amide bonds. The van der Waals surface area contributed by atoms with Gasteiger partial charge in [-0.15, -0.1) is 5.10 Å². The Labute approximate surface area is 136 Å². The predicted molar refractivity (Wildman–Crippen MR) is 87.3 cm³/mol. The van der Waals surface area contributed by atoms with Gasteiger partial charge in [-0.2, -0.15) is 0 Å². The molecule has 0 bridgehead atoms. The molecule has 3 rings (SSSR count). The van der Waals surface area contributed by atoms with Crippen LogP contribution in [0.1, 0.15) is 50.4 Å². The molecular weight excluding hydrogens is 292 g/mol. The minimum atomic E-state index is -0.974. The van der Waals surface area contributed by atoms with Crippen LogP contribution in [0.25, 0.3) is 0 Å². The normalized spacial score (nSPS) is 21.4. The third-order valence-electron chi connectivity index (χ3n) is 4.33. The maximum Gasteiger partial charge on any atom is 0.132 e. The molecular formula is C16H24N6O. The standard InChI is InChI=1S/C16H24N6O/c1-5-13-8-15(18-12(4)17-13)21-7-6-16(23,10-21)14-9-22(11(2)3)20-19-14/h8-9,11,23H,5-7,10H2,1-4H3/t16-/m1/s1. The van der Waals surface area contributed by atoms with Gasteiger partial charge in [-0.25, -0.2) is 14.6 Å². The fraction of sp³-hybridized carbons (Fsp3) is 0.625. The highest BCUT2D eigenvalue weighted by Gasteiger charge is 2.40. The predicted octanol–water partition coefficient (Wildman–Crippen LogP) is 1.62. The van der Waals surface area contributed by atoms with E-state index in [9.17, 15) is 5.11 Å². The van der Waals surface area contributed by atoms with Crippen molar-refractivity contribution in [2.45, 2.75) is 52.2 Å². The van der Waals surface area contributed by atoms with Crippen molar-refractivity contribution in [1.82, 2.24) is 25.0 Å². The van der Waals surface area contributed by atoms with Crippen molar-refractivity contribution in [3.8, 4) is 0 Å². The van der Waals surface area contributed by atoms with Gasteiger partial charge in [-0.3, -0.25) is 0 Å². The zero-order chi connectivity index (χ0) is 16.6. The Kier molecular flexibility index (Phi) is 4.06. The van der Waals surface area contributed by atoms with E-state index in [-0.39, 0.29) is 6.04 Å². The second kappa shape index (κ2) is 5.88. The average Bonchev–Trinajstić information content (AvgIpc) is 3.14. The van der Waals surface area contributed by atoms with Crippen LogP contribution in [-0.4, -0.2) is 43.2 Å². The van der Waals surface area contributed by atoms with Crippen LogP contribution in [0, 0.1) is 6.92 Å². The zero-order valence-electron chi connectivity index (χ0n) is 14.2. The highest BCUT2D eigenvalue weighted by Crippen LogP contribution is 2.33. The lowest BCUT2D eigenvalue weighted by Gasteiger charge is -2.22. The zero-order valence-corrected chi connectivity index (χ0v) is 14.2. The molecule has 7 nitrogen and oxygen atoms in total. The van der Waals surface area contributed by atoms with Crippen molar-refractivity contribution in [3.05, 3.63) is 29.5 Å². The summed E-state index contributed by atoms with van der Waals surface area (Å²) in [5.41, 5.74) is 0.683. The molecule has 1 fully saturated rings. The SMILES string of the molecule is CCc1cc(N2CC[C@](O)(c3cn(C(C)C)nn3)C2)nc(C)n1. The number of aliphatic hydroxyl groups is 1. The molecule has 0 unspecified atom stereocenters. The number of rotatable bonds is 4. The summed E-state index contributed by atoms with van der Waals surface area (Å²) in [6.07, 6.45) is 3.34. The molecule has 0 aliphatic carbocycles. The number of nitrogens with zero attached hydrogens (tertiary/aromatic N) is 6. The van der Waals surface area contributed by atoms with Gasteiger partial charge in [0.2, 0.25) is 0 Å². The maximum absolute atomic E-state index is 11.0. The molecule has 1 aliphatic heterocycles. The second-order valence-corrected chi connectivity index (χ2v) is 6.50. The van der Waals surface area contributed by atoms with Gasteiger partial charge in [-0.05, 0) is 27.2 Å². The summed E-state index contributed by atoms with van der Waals surface area (Å²) >= 11 is 0. The van der Waals surface area contributed by atoms with Gasteiger partial charge in [0.05, 0.1) is 12.7 Å². The monoisotopic (exact) mass is 316 g/mol. The Balaban J connectivity index is 1.83. The number of anilines is 1. The lowest BCUT2D eigenvalue weighted by molar-refractivity contribution is 0.0559. The van der Waals surface area contributed by atoms with Crippen molar-refractivity contribution in [3.63, 3.8) is 0 Å². The molecule has 1 N–H and O–H groups in total. The quantitative estimate of drug-likeness (QED) is 0.923. The van der Waals surface area contributed by atoms with E-state index in [0.29, 0.717) is 18.7 Å². The van der Waals surface area contributed by atoms with Crippen LogP contribution in [0.5, 0.6) is 0 Å². The van der Waals surface area contributed by atoms with E-state index in [1.54, 1.807) is 4.68 Å². The van der Waals surface area contributed by atoms with Crippen LogP contribution in [-0.2, 0) is 12.0 Å². The molecule has 1 atom stereocenters. The first-order valence-corrected chi connectivity index (χ1v) is 8.15. The van der Waals surface area contributed by atoms with Crippen molar-refractivity contribution in [1.29, 1.82) is 0 Å². The van der Waals surface area contributed by atoms with E-state index in [1.807, 2.05) is 33.0 Å². The molecule has 2 aromatic heterocycles. The van der Waals surface area contributed by atoms with Crippen LogP contribution >= 0.6 is 0 Å². The van der Waals surface area contributed by atoms with E-state index < -0.39 is 5.60 Å². The van der Waals surface area contributed by atoms with Gasteiger partial charge in [0, 0.05) is 30.8 Å². The molecule has 124 valence electrons. The van der Waals surface area contributed by atoms with Gasteiger partial charge in [0.15, 0.2) is 0 Å². The van der Waals surface area contributed by atoms with Crippen molar-refractivity contribution in [2.24, 2.45) is 0 Å². The minimum absolute atomic E-state index is 0.231. The van der Waals surface area contributed by atoms with E-state index >= 15 is 0 Å². The van der Waals surface area contributed by atoms with E-state index in [0.717, 1.165) is 30.3 Å². The topological polar surface area (TPSA) is 80.0 Å². The Morgan fingerprint density at radius 1 is 1.35 bits per heavy atom. The molecule has 2 aromatic rings. The summed E-state index contributed by atoms with van der Waals surface area (Å²) in [7, 11) is 0. The first-order chi connectivity index (χ1) is 10.9. The van der Waals surface area contributed by atoms with Gasteiger partial charge in [0.25, 0.3) is 0 Å². The van der Waals surface area contributed by atoms with Crippen molar-refractivity contribution >= 4 is 5.82 Å². The third-order valence-corrected chi connectivity index (χ3v) is 4.33. The molecule has 7 heteroatoms. The first-order valence-electron chi connectivity index (χ1n) is 8.15. The molecule has 0 spiro atoms. The Hall–Kier alpha value is -2.02. The van der Waals surface area contributed by atoms with Crippen LogP contribution in [0.15, 0.2) is 12.3 Å². The van der Waals surface area contributed by atoms with Gasteiger partial charge in [-0.1, -0.05) is 12.1 Å². The van der Waals surface area contributed by atoms with E-state index in [4.69, 9.17) is 0 Å². The maximum atomic E-state index is 11.0. The number of β-amino-alcohol motifs (C(OH)–C–C–N with tert-alkyl or cyclic N) is 1. The Bertz CT molecular complexity index is 698. The van der Waals surface area contributed by atoms with Crippen LogP contribution in [0.4, 0.5) is 5.82 Å². The Morgan fingerprint density at radius 2 is 2.13 bits per heavy atom. The summed E-state index contributed by atoms with van der Waals surface area (Å²) in [5.74, 6) is 1.64. The fourth-order valence-electron chi connectivity index (χ4n) is 2.90. The molecule has 0 aromatic carbocycles. The third kappa shape index (κ3) is 3.06. The highest BCUT2D eigenvalue weighted by molar-refractivity contribution is 5.43. The smallest absolute Gasteiger partial charge is 0.132 e. The number of aromatic nitrogens is 5. The summed E-state index contributed by atoms with van der Waals surface area (Å²) in [4.78, 5) is 11.0. The van der Waals surface area contributed by atoms with Crippen LogP contribution < -0.4 is 4.90 Å². The molecule has 23 heavy (non-hydrogen) atoms. The average molecular weight is 316 g/mol. The van der Waals surface area contributed by atoms with Gasteiger partial charge < -0.3 is 10.0 Å². The highest BCUT2D eigenvalue weighted by atomic mass is 16.3. The van der Waals surface area contributed by atoms with E-state index in [2.05, 4.69) is 32.1 Å². The Morgan fingerprint density at radius 3 is 2.78 bits per heavy atom. The lowest BCUT2D eigenvalue weighted by atomic mass is 10.00. The number of hydrogen-bond acceptors (Lipinski definition) is 6. The van der Waals surface area contributed by atoms with Crippen molar-refractivity contribution in [2.75, 3.05) is 18.0 Å². The number of aryl methyl sites for hydroxylation is 2. The molecule has 3 heterocycles. The fourth-order valence-corrected chi connectivity index (χ4v) is 2.90. The second-order valence-electron chi connectivity index (χ2n) is 6.50. The van der Waals surface area contributed by atoms with E-state index in [1.165, 1.54) is 0 Å². The van der Waals surface area contributed by atoms with Gasteiger partial charge in [0.1, 0.15) is 22.9 Å². The van der Waals surface area contributed by atoms with Crippen LogP contribution in [0.3, 0.4) is 0 Å². The summed E-state index contributed by atoms with van der Waals surface area (Å²) in [6.45, 7) is 9.28. The minimum Gasteiger partial charge on any atom is -0.381 e. The van der Waals surface area contributed by atoms with Crippen LogP contribution in [0.2, 0.25) is 0 Å².